The van der Waals surface area contributed by atoms with Crippen LogP contribution in [0.1, 0.15) is 21.6 Å². The Morgan fingerprint density at radius 2 is 2.15 bits per heavy atom. The lowest BCUT2D eigenvalue weighted by molar-refractivity contribution is 0.0747. The predicted octanol–water partition coefficient (Wildman–Crippen LogP) is 1.22. The second-order valence-corrected chi connectivity index (χ2v) is 4.56. The van der Waals surface area contributed by atoms with Crippen molar-refractivity contribution in [2.45, 2.75) is 13.1 Å². The lowest BCUT2D eigenvalue weighted by Crippen LogP contribution is -2.25. The number of ether oxygens (including phenoxy) is 1. The maximum absolute atomic E-state index is 12.5. The summed E-state index contributed by atoms with van der Waals surface area (Å²) in [6, 6.07) is 7.18. The van der Waals surface area contributed by atoms with Gasteiger partial charge in [0.15, 0.2) is 0 Å². The summed E-state index contributed by atoms with van der Waals surface area (Å²) in [4.78, 5) is 22.4. The van der Waals surface area contributed by atoms with Gasteiger partial charge in [-0.15, -0.1) is 0 Å². The van der Waals surface area contributed by atoms with Crippen molar-refractivity contribution in [2.24, 2.45) is 0 Å². The standard InChI is InChI=1S/C14H14N4O2/c1-20-12-5-3-2-4-10(12)13(19)18-7-9-6-16-14(15)17-11(9)8-18/h2-6H,7-8H2,1H3,(H2,15,16,17). The smallest absolute Gasteiger partial charge is 0.258 e. The van der Waals surface area contributed by atoms with E-state index in [9.17, 15) is 4.79 Å². The molecule has 3 rings (SSSR count). The minimum atomic E-state index is -0.0842. The number of rotatable bonds is 2. The third-order valence-electron chi connectivity index (χ3n) is 3.30. The molecule has 0 aliphatic carbocycles. The fourth-order valence-electron chi connectivity index (χ4n) is 2.30. The van der Waals surface area contributed by atoms with Gasteiger partial charge in [0.05, 0.1) is 24.9 Å². The third kappa shape index (κ3) is 2.05. The fraction of sp³-hybridized carbons (Fsp3) is 0.214. The van der Waals surface area contributed by atoms with Gasteiger partial charge in [0.2, 0.25) is 5.95 Å². The molecule has 1 aromatic carbocycles. The molecule has 0 radical (unpaired) electrons. The minimum absolute atomic E-state index is 0.0842. The number of aromatic nitrogens is 2. The summed E-state index contributed by atoms with van der Waals surface area (Å²) in [5, 5.41) is 0. The Hall–Kier alpha value is -2.63. The zero-order chi connectivity index (χ0) is 14.1. The van der Waals surface area contributed by atoms with E-state index in [1.54, 1.807) is 30.3 Å². The van der Waals surface area contributed by atoms with Crippen molar-refractivity contribution in [1.29, 1.82) is 0 Å². The molecule has 1 amide bonds. The maximum Gasteiger partial charge on any atom is 0.258 e. The fourth-order valence-corrected chi connectivity index (χ4v) is 2.30. The molecule has 0 saturated heterocycles. The summed E-state index contributed by atoms with van der Waals surface area (Å²) in [6.45, 7) is 0.936. The first kappa shape index (κ1) is 12.4. The third-order valence-corrected chi connectivity index (χ3v) is 3.30. The van der Waals surface area contributed by atoms with E-state index in [0.717, 1.165) is 11.3 Å². The zero-order valence-electron chi connectivity index (χ0n) is 11.0. The van der Waals surface area contributed by atoms with Crippen molar-refractivity contribution in [3.05, 3.63) is 47.3 Å². The van der Waals surface area contributed by atoms with E-state index in [1.165, 1.54) is 0 Å². The number of carbonyl (C=O) groups is 1. The van der Waals surface area contributed by atoms with Crippen LogP contribution in [0.25, 0.3) is 0 Å². The van der Waals surface area contributed by atoms with Crippen molar-refractivity contribution in [3.63, 3.8) is 0 Å². The van der Waals surface area contributed by atoms with E-state index < -0.39 is 0 Å². The van der Waals surface area contributed by atoms with Crippen LogP contribution in [0.5, 0.6) is 5.75 Å². The molecule has 1 aliphatic rings. The van der Waals surface area contributed by atoms with E-state index in [1.807, 2.05) is 12.1 Å². The monoisotopic (exact) mass is 270 g/mol. The molecule has 0 unspecified atom stereocenters. The maximum atomic E-state index is 12.5. The van der Waals surface area contributed by atoms with Gasteiger partial charge in [-0.2, -0.15) is 0 Å². The van der Waals surface area contributed by atoms with Gasteiger partial charge in [-0.05, 0) is 12.1 Å². The van der Waals surface area contributed by atoms with Crippen molar-refractivity contribution >= 4 is 11.9 Å². The van der Waals surface area contributed by atoms with Crippen LogP contribution in [0, 0.1) is 0 Å². The highest BCUT2D eigenvalue weighted by molar-refractivity contribution is 5.97. The number of hydrogen-bond acceptors (Lipinski definition) is 5. The van der Waals surface area contributed by atoms with Crippen molar-refractivity contribution < 1.29 is 9.53 Å². The second kappa shape index (κ2) is 4.80. The highest BCUT2D eigenvalue weighted by atomic mass is 16.5. The van der Waals surface area contributed by atoms with E-state index in [-0.39, 0.29) is 11.9 Å². The van der Waals surface area contributed by atoms with Crippen molar-refractivity contribution in [2.75, 3.05) is 12.8 Å². The number of para-hydroxylation sites is 1. The Morgan fingerprint density at radius 1 is 1.35 bits per heavy atom. The first-order valence-corrected chi connectivity index (χ1v) is 6.21. The molecule has 0 spiro atoms. The number of methoxy groups -OCH3 is 1. The molecule has 20 heavy (non-hydrogen) atoms. The van der Waals surface area contributed by atoms with Gasteiger partial charge in [0.25, 0.3) is 5.91 Å². The summed E-state index contributed by atoms with van der Waals surface area (Å²) >= 11 is 0. The van der Waals surface area contributed by atoms with E-state index >= 15 is 0 Å². The lowest BCUT2D eigenvalue weighted by Gasteiger charge is -2.16. The van der Waals surface area contributed by atoms with Crippen LogP contribution in [0.4, 0.5) is 5.95 Å². The van der Waals surface area contributed by atoms with Crippen LogP contribution >= 0.6 is 0 Å². The average molecular weight is 270 g/mol. The van der Waals surface area contributed by atoms with Crippen molar-refractivity contribution in [3.8, 4) is 5.75 Å². The number of hydrogen-bond donors (Lipinski definition) is 1. The summed E-state index contributed by atoms with van der Waals surface area (Å²) in [6.07, 6.45) is 1.67. The molecular formula is C14H14N4O2. The van der Waals surface area contributed by atoms with Crippen LogP contribution in [-0.4, -0.2) is 27.9 Å². The normalized spacial score (nSPS) is 13.2. The van der Waals surface area contributed by atoms with Crippen molar-refractivity contribution in [1.82, 2.24) is 14.9 Å². The summed E-state index contributed by atoms with van der Waals surface area (Å²) in [5.74, 6) is 0.716. The first-order valence-electron chi connectivity index (χ1n) is 6.21. The van der Waals surface area contributed by atoms with Gasteiger partial charge in [-0.3, -0.25) is 4.79 Å². The Labute approximate surface area is 116 Å². The molecule has 0 fully saturated rings. The summed E-state index contributed by atoms with van der Waals surface area (Å²) in [5.41, 5.74) is 7.85. The van der Waals surface area contributed by atoms with Gasteiger partial charge in [-0.1, -0.05) is 12.1 Å². The van der Waals surface area contributed by atoms with Gasteiger partial charge < -0.3 is 15.4 Å². The molecule has 2 heterocycles. The zero-order valence-corrected chi connectivity index (χ0v) is 11.0. The Morgan fingerprint density at radius 3 is 2.95 bits per heavy atom. The topological polar surface area (TPSA) is 81.3 Å². The number of fused-ring (bicyclic) bond motifs is 1. The largest absolute Gasteiger partial charge is 0.496 e. The van der Waals surface area contributed by atoms with Crippen LogP contribution in [0.15, 0.2) is 30.5 Å². The molecule has 1 aromatic heterocycles. The molecule has 2 N–H and O–H groups in total. The molecule has 0 saturated carbocycles. The number of anilines is 1. The number of benzene rings is 1. The molecule has 1 aliphatic heterocycles. The quantitative estimate of drug-likeness (QED) is 0.887. The average Bonchev–Trinajstić information content (AvgIpc) is 2.89. The Bertz CT molecular complexity index is 672. The number of nitrogens with zero attached hydrogens (tertiary/aromatic N) is 3. The Balaban J connectivity index is 1.87. The minimum Gasteiger partial charge on any atom is -0.496 e. The predicted molar refractivity (Wildman–Crippen MR) is 73.0 cm³/mol. The highest BCUT2D eigenvalue weighted by Crippen LogP contribution is 2.26. The number of carbonyl (C=O) groups excluding carboxylic acids is 1. The molecular weight excluding hydrogens is 256 g/mol. The lowest BCUT2D eigenvalue weighted by atomic mass is 10.2. The van der Waals surface area contributed by atoms with Gasteiger partial charge in [0, 0.05) is 18.3 Å². The van der Waals surface area contributed by atoms with Gasteiger partial charge in [-0.25, -0.2) is 9.97 Å². The molecule has 2 aromatic rings. The van der Waals surface area contributed by atoms with E-state index in [0.29, 0.717) is 24.4 Å². The van der Waals surface area contributed by atoms with Gasteiger partial charge >= 0.3 is 0 Å². The Kier molecular flexibility index (Phi) is 2.98. The number of nitrogen functional groups attached to an aromatic ring is 1. The SMILES string of the molecule is COc1ccccc1C(=O)N1Cc2cnc(N)nc2C1. The van der Waals surface area contributed by atoms with Crippen LogP contribution in [0.3, 0.4) is 0 Å². The molecule has 102 valence electrons. The van der Waals surface area contributed by atoms with Crippen LogP contribution in [0.2, 0.25) is 0 Å². The molecule has 0 atom stereocenters. The number of amides is 1. The van der Waals surface area contributed by atoms with Gasteiger partial charge in [0.1, 0.15) is 5.75 Å². The van der Waals surface area contributed by atoms with Crippen LogP contribution in [-0.2, 0) is 13.1 Å². The summed E-state index contributed by atoms with van der Waals surface area (Å²) in [7, 11) is 1.55. The number of nitrogens with two attached hydrogens (primary N) is 1. The first-order chi connectivity index (χ1) is 9.69. The second-order valence-electron chi connectivity index (χ2n) is 4.56. The van der Waals surface area contributed by atoms with E-state index in [4.69, 9.17) is 10.5 Å². The highest BCUT2D eigenvalue weighted by Gasteiger charge is 2.27. The van der Waals surface area contributed by atoms with E-state index in [2.05, 4.69) is 9.97 Å². The molecule has 0 bridgehead atoms. The molecule has 6 heteroatoms. The van der Waals surface area contributed by atoms with Crippen LogP contribution < -0.4 is 10.5 Å². The summed E-state index contributed by atoms with van der Waals surface area (Å²) < 4.78 is 5.23. The molecule has 6 nitrogen and oxygen atoms in total.